The number of benzene rings is 1. The summed E-state index contributed by atoms with van der Waals surface area (Å²) in [7, 11) is 1.30. The normalized spacial score (nSPS) is 9.69. The van der Waals surface area contributed by atoms with Crippen molar-refractivity contribution in [3.63, 3.8) is 0 Å². The van der Waals surface area contributed by atoms with E-state index in [9.17, 15) is 9.90 Å². The Labute approximate surface area is 77.0 Å². The number of methoxy groups -OCH3 is 1. The average molecular weight is 180 g/mol. The van der Waals surface area contributed by atoms with E-state index in [4.69, 9.17) is 0 Å². The van der Waals surface area contributed by atoms with Crippen molar-refractivity contribution in [2.45, 2.75) is 13.3 Å². The van der Waals surface area contributed by atoms with Gasteiger partial charge in [0.2, 0.25) is 0 Å². The van der Waals surface area contributed by atoms with Gasteiger partial charge in [0.25, 0.3) is 0 Å². The van der Waals surface area contributed by atoms with Crippen LogP contribution in [-0.2, 0) is 11.2 Å². The number of carbonyl (C=O) groups is 1. The predicted octanol–water partition coefficient (Wildman–Crippen LogP) is 1.74. The maximum atomic E-state index is 11.2. The lowest BCUT2D eigenvalue weighted by molar-refractivity contribution is 0.0596. The summed E-state index contributed by atoms with van der Waals surface area (Å²) in [6.07, 6.45) is 0.693. The van der Waals surface area contributed by atoms with E-state index in [2.05, 4.69) is 4.74 Å². The van der Waals surface area contributed by atoms with Gasteiger partial charge < -0.3 is 9.84 Å². The predicted molar refractivity (Wildman–Crippen MR) is 48.8 cm³/mol. The molecule has 0 aliphatic heterocycles. The van der Waals surface area contributed by atoms with Crippen LogP contribution in [0.15, 0.2) is 18.2 Å². The fourth-order valence-electron chi connectivity index (χ4n) is 1.22. The van der Waals surface area contributed by atoms with Gasteiger partial charge in [0, 0.05) is 0 Å². The van der Waals surface area contributed by atoms with Crippen LogP contribution in [0.4, 0.5) is 0 Å². The number of aromatic hydroxyl groups is 1. The molecular formula is C10H12O3. The fourth-order valence-corrected chi connectivity index (χ4v) is 1.22. The van der Waals surface area contributed by atoms with Crippen LogP contribution in [0, 0.1) is 0 Å². The van der Waals surface area contributed by atoms with Crippen LogP contribution in [0.3, 0.4) is 0 Å². The van der Waals surface area contributed by atoms with E-state index in [0.29, 0.717) is 6.42 Å². The van der Waals surface area contributed by atoms with Gasteiger partial charge >= 0.3 is 5.97 Å². The molecule has 0 heterocycles. The van der Waals surface area contributed by atoms with Gasteiger partial charge in [-0.15, -0.1) is 0 Å². The number of hydrogen-bond acceptors (Lipinski definition) is 3. The molecule has 0 radical (unpaired) electrons. The van der Waals surface area contributed by atoms with E-state index >= 15 is 0 Å². The first-order chi connectivity index (χ1) is 6.20. The molecule has 0 amide bonds. The smallest absolute Gasteiger partial charge is 0.341 e. The van der Waals surface area contributed by atoms with Crippen LogP contribution in [0.1, 0.15) is 22.8 Å². The van der Waals surface area contributed by atoms with E-state index < -0.39 is 5.97 Å². The summed E-state index contributed by atoms with van der Waals surface area (Å²) < 4.78 is 4.56. The average Bonchev–Trinajstić information content (AvgIpc) is 2.16. The van der Waals surface area contributed by atoms with Gasteiger partial charge in [-0.25, -0.2) is 4.79 Å². The van der Waals surface area contributed by atoms with Crippen molar-refractivity contribution in [3.8, 4) is 5.75 Å². The minimum Gasteiger partial charge on any atom is -0.507 e. The minimum absolute atomic E-state index is 0.0220. The van der Waals surface area contributed by atoms with Gasteiger partial charge in [-0.05, 0) is 18.1 Å². The van der Waals surface area contributed by atoms with Crippen LogP contribution in [0.25, 0.3) is 0 Å². The Morgan fingerprint density at radius 1 is 1.54 bits per heavy atom. The lowest BCUT2D eigenvalue weighted by Gasteiger charge is -2.06. The molecule has 0 fully saturated rings. The van der Waals surface area contributed by atoms with Crippen LogP contribution in [-0.4, -0.2) is 18.2 Å². The van der Waals surface area contributed by atoms with Gasteiger partial charge in [-0.3, -0.25) is 0 Å². The van der Waals surface area contributed by atoms with Crippen molar-refractivity contribution in [1.82, 2.24) is 0 Å². The molecule has 1 aromatic carbocycles. The van der Waals surface area contributed by atoms with Gasteiger partial charge in [0.05, 0.1) is 7.11 Å². The number of carbonyl (C=O) groups excluding carboxylic acids is 1. The summed E-state index contributed by atoms with van der Waals surface area (Å²) in [5, 5.41) is 9.42. The molecule has 0 bridgehead atoms. The summed E-state index contributed by atoms with van der Waals surface area (Å²) in [6, 6.07) is 4.98. The highest BCUT2D eigenvalue weighted by Crippen LogP contribution is 2.22. The first-order valence-electron chi connectivity index (χ1n) is 4.09. The second-order valence-corrected chi connectivity index (χ2v) is 2.66. The Morgan fingerprint density at radius 2 is 2.23 bits per heavy atom. The summed E-state index contributed by atoms with van der Waals surface area (Å²) in [5.41, 5.74) is 1.07. The second kappa shape index (κ2) is 3.94. The monoisotopic (exact) mass is 180 g/mol. The van der Waals surface area contributed by atoms with Crippen molar-refractivity contribution < 1.29 is 14.6 Å². The van der Waals surface area contributed by atoms with Crippen molar-refractivity contribution in [2.24, 2.45) is 0 Å². The highest BCUT2D eigenvalue weighted by atomic mass is 16.5. The van der Waals surface area contributed by atoms with E-state index in [0.717, 1.165) is 5.56 Å². The summed E-state index contributed by atoms with van der Waals surface area (Å²) in [5.74, 6) is -0.513. The van der Waals surface area contributed by atoms with E-state index in [1.54, 1.807) is 12.1 Å². The van der Waals surface area contributed by atoms with Gasteiger partial charge in [0.15, 0.2) is 0 Å². The molecule has 0 unspecified atom stereocenters. The summed E-state index contributed by atoms with van der Waals surface area (Å²) in [4.78, 5) is 11.2. The second-order valence-electron chi connectivity index (χ2n) is 2.66. The standard InChI is InChI=1S/C10H12O3/c1-3-7-5-4-6-8(11)9(7)10(12)13-2/h4-6,11H,3H2,1-2H3. The van der Waals surface area contributed by atoms with Gasteiger partial charge in [-0.1, -0.05) is 19.1 Å². The number of hydrogen-bond donors (Lipinski definition) is 1. The molecule has 0 atom stereocenters. The third kappa shape index (κ3) is 1.80. The number of phenolic OH excluding ortho intramolecular Hbond substituents is 1. The fraction of sp³-hybridized carbons (Fsp3) is 0.300. The molecule has 0 aromatic heterocycles. The van der Waals surface area contributed by atoms with Gasteiger partial charge in [0.1, 0.15) is 11.3 Å². The van der Waals surface area contributed by atoms with Crippen molar-refractivity contribution in [1.29, 1.82) is 0 Å². The maximum absolute atomic E-state index is 11.2. The molecule has 13 heavy (non-hydrogen) atoms. The lowest BCUT2D eigenvalue weighted by atomic mass is 10.0. The van der Waals surface area contributed by atoms with E-state index in [1.807, 2.05) is 6.92 Å². The lowest BCUT2D eigenvalue weighted by Crippen LogP contribution is -2.05. The Kier molecular flexibility index (Phi) is 2.90. The van der Waals surface area contributed by atoms with Crippen molar-refractivity contribution >= 4 is 5.97 Å². The number of esters is 1. The number of aryl methyl sites for hydroxylation is 1. The highest BCUT2D eigenvalue weighted by molar-refractivity contribution is 5.93. The molecule has 1 rings (SSSR count). The molecule has 3 nitrogen and oxygen atoms in total. The van der Waals surface area contributed by atoms with Crippen LogP contribution in [0.5, 0.6) is 5.75 Å². The molecule has 0 aliphatic rings. The van der Waals surface area contributed by atoms with Crippen molar-refractivity contribution in [3.05, 3.63) is 29.3 Å². The first kappa shape index (κ1) is 9.58. The third-order valence-electron chi connectivity index (χ3n) is 1.90. The molecule has 1 N–H and O–H groups in total. The molecule has 0 saturated carbocycles. The molecule has 3 heteroatoms. The first-order valence-corrected chi connectivity index (χ1v) is 4.09. The summed E-state index contributed by atoms with van der Waals surface area (Å²) >= 11 is 0. The Balaban J connectivity index is 3.22. The highest BCUT2D eigenvalue weighted by Gasteiger charge is 2.14. The maximum Gasteiger partial charge on any atom is 0.341 e. The molecule has 1 aromatic rings. The van der Waals surface area contributed by atoms with Crippen LogP contribution >= 0.6 is 0 Å². The molecule has 0 saturated heterocycles. The molecular weight excluding hydrogens is 168 g/mol. The SMILES string of the molecule is CCc1cccc(O)c1C(=O)OC. The zero-order chi connectivity index (χ0) is 9.84. The zero-order valence-corrected chi connectivity index (χ0v) is 7.70. The Bertz CT molecular complexity index is 318. The minimum atomic E-state index is -0.491. The summed E-state index contributed by atoms with van der Waals surface area (Å²) in [6.45, 7) is 1.92. The van der Waals surface area contributed by atoms with Crippen LogP contribution < -0.4 is 0 Å². The van der Waals surface area contributed by atoms with Crippen molar-refractivity contribution in [2.75, 3.05) is 7.11 Å². The Morgan fingerprint density at radius 3 is 2.77 bits per heavy atom. The topological polar surface area (TPSA) is 46.5 Å². The van der Waals surface area contributed by atoms with E-state index in [1.165, 1.54) is 13.2 Å². The quantitative estimate of drug-likeness (QED) is 0.705. The molecule has 0 aliphatic carbocycles. The van der Waals surface area contributed by atoms with Gasteiger partial charge in [-0.2, -0.15) is 0 Å². The van der Waals surface area contributed by atoms with Crippen LogP contribution in [0.2, 0.25) is 0 Å². The number of phenols is 1. The van der Waals surface area contributed by atoms with E-state index in [-0.39, 0.29) is 11.3 Å². The molecule has 0 spiro atoms. The molecule has 70 valence electrons. The largest absolute Gasteiger partial charge is 0.507 e. The number of ether oxygens (including phenoxy) is 1. The zero-order valence-electron chi connectivity index (χ0n) is 7.70. The number of rotatable bonds is 2. The third-order valence-corrected chi connectivity index (χ3v) is 1.90. The Hall–Kier alpha value is -1.51.